The van der Waals surface area contributed by atoms with Crippen LogP contribution in [0.5, 0.6) is 0 Å². The highest BCUT2D eigenvalue weighted by molar-refractivity contribution is 6.31. The van der Waals surface area contributed by atoms with E-state index < -0.39 is 11.2 Å². The van der Waals surface area contributed by atoms with Crippen molar-refractivity contribution >= 4 is 11.6 Å². The molecular formula is C14H20ClFO2. The highest BCUT2D eigenvalue weighted by Crippen LogP contribution is 2.33. The van der Waals surface area contributed by atoms with Gasteiger partial charge in [0.25, 0.3) is 0 Å². The molecule has 0 amide bonds. The Labute approximate surface area is 112 Å². The molecule has 0 unspecified atom stereocenters. The first-order chi connectivity index (χ1) is 8.44. The third kappa shape index (κ3) is 3.67. The van der Waals surface area contributed by atoms with E-state index in [1.807, 2.05) is 13.8 Å². The summed E-state index contributed by atoms with van der Waals surface area (Å²) < 4.78 is 13.7. The van der Waals surface area contributed by atoms with Gasteiger partial charge in [0.05, 0.1) is 13.2 Å². The Bertz CT molecular complexity index is 369. The number of hydrogen-bond acceptors (Lipinski definition) is 2. The topological polar surface area (TPSA) is 40.5 Å². The van der Waals surface area contributed by atoms with Crippen molar-refractivity contribution in [1.82, 2.24) is 0 Å². The zero-order valence-corrected chi connectivity index (χ0v) is 11.5. The molecule has 0 atom stereocenters. The van der Waals surface area contributed by atoms with E-state index in [0.29, 0.717) is 22.9 Å². The molecule has 1 aromatic carbocycles. The highest BCUT2D eigenvalue weighted by Gasteiger charge is 2.31. The maximum atomic E-state index is 13.7. The Hall–Kier alpha value is -0.640. The molecule has 4 heteroatoms. The van der Waals surface area contributed by atoms with E-state index in [1.54, 1.807) is 12.1 Å². The van der Waals surface area contributed by atoms with Gasteiger partial charge in [0.15, 0.2) is 0 Å². The lowest BCUT2D eigenvalue weighted by Crippen LogP contribution is -2.34. The van der Waals surface area contributed by atoms with E-state index in [4.69, 9.17) is 11.6 Å². The predicted octanol–water partition coefficient (Wildman–Crippen LogP) is 3.04. The molecule has 0 radical (unpaired) electrons. The van der Waals surface area contributed by atoms with E-state index in [2.05, 4.69) is 0 Å². The van der Waals surface area contributed by atoms with Crippen LogP contribution in [0.15, 0.2) is 18.2 Å². The summed E-state index contributed by atoms with van der Waals surface area (Å²) in [7, 11) is 0. The second-order valence-corrected chi connectivity index (χ2v) is 5.70. The van der Waals surface area contributed by atoms with Crippen LogP contribution in [0.4, 0.5) is 4.39 Å². The molecule has 0 saturated carbocycles. The first-order valence-electron chi connectivity index (χ1n) is 6.09. The molecule has 2 nitrogen and oxygen atoms in total. The second-order valence-electron chi connectivity index (χ2n) is 5.29. The van der Waals surface area contributed by atoms with E-state index >= 15 is 0 Å². The lowest BCUT2D eigenvalue weighted by Gasteiger charge is -2.32. The smallest absolute Gasteiger partial charge is 0.127 e. The monoisotopic (exact) mass is 274 g/mol. The van der Waals surface area contributed by atoms with E-state index in [1.165, 1.54) is 6.07 Å². The fourth-order valence-electron chi connectivity index (χ4n) is 2.31. The molecule has 1 rings (SSSR count). The van der Waals surface area contributed by atoms with Crippen molar-refractivity contribution in [2.45, 2.75) is 26.7 Å². The van der Waals surface area contributed by atoms with Crippen LogP contribution in [-0.4, -0.2) is 23.4 Å². The Morgan fingerprint density at radius 2 is 1.89 bits per heavy atom. The maximum absolute atomic E-state index is 13.7. The number of benzene rings is 1. The lowest BCUT2D eigenvalue weighted by molar-refractivity contribution is 0.0363. The molecule has 0 bridgehead atoms. The third-order valence-corrected chi connectivity index (χ3v) is 3.48. The molecule has 2 N–H and O–H groups in total. The lowest BCUT2D eigenvalue weighted by atomic mass is 9.76. The van der Waals surface area contributed by atoms with Gasteiger partial charge in [-0.15, -0.1) is 0 Å². The Kier molecular flexibility index (Phi) is 5.57. The number of hydrogen-bond donors (Lipinski definition) is 2. The molecule has 0 saturated heterocycles. The second kappa shape index (κ2) is 6.50. The minimum absolute atomic E-state index is 0.188. The van der Waals surface area contributed by atoms with Gasteiger partial charge >= 0.3 is 0 Å². The molecule has 0 fully saturated rings. The number of rotatable bonds is 6. The SMILES string of the molecule is CC(C)CC(CO)(CO)Cc1c(F)cccc1Cl. The van der Waals surface area contributed by atoms with Gasteiger partial charge in [0.1, 0.15) is 5.82 Å². The van der Waals surface area contributed by atoms with E-state index in [-0.39, 0.29) is 19.6 Å². The molecule has 1 aromatic rings. The Balaban J connectivity index is 3.03. The summed E-state index contributed by atoms with van der Waals surface area (Å²) in [5, 5.41) is 19.4. The van der Waals surface area contributed by atoms with Crippen molar-refractivity contribution in [3.05, 3.63) is 34.6 Å². The van der Waals surface area contributed by atoms with Gasteiger partial charge in [-0.3, -0.25) is 0 Å². The normalized spacial score (nSPS) is 12.2. The van der Waals surface area contributed by atoms with Crippen molar-refractivity contribution < 1.29 is 14.6 Å². The predicted molar refractivity (Wildman–Crippen MR) is 71.2 cm³/mol. The zero-order valence-electron chi connectivity index (χ0n) is 10.8. The molecule has 0 heterocycles. The molecule has 0 aliphatic heterocycles. The van der Waals surface area contributed by atoms with Crippen molar-refractivity contribution in [1.29, 1.82) is 0 Å². The minimum Gasteiger partial charge on any atom is -0.396 e. The van der Waals surface area contributed by atoms with Crippen LogP contribution in [0.25, 0.3) is 0 Å². The largest absolute Gasteiger partial charge is 0.396 e. The van der Waals surface area contributed by atoms with Gasteiger partial charge in [-0.05, 0) is 30.9 Å². The van der Waals surface area contributed by atoms with Crippen LogP contribution in [0.3, 0.4) is 0 Å². The summed E-state index contributed by atoms with van der Waals surface area (Å²) in [6.45, 7) is 3.63. The number of aliphatic hydroxyl groups excluding tert-OH is 2. The molecule has 0 aromatic heterocycles. The van der Waals surface area contributed by atoms with Gasteiger partial charge in [-0.1, -0.05) is 31.5 Å². The summed E-state index contributed by atoms with van der Waals surface area (Å²) in [5.41, 5.74) is -0.358. The number of halogens is 2. The first kappa shape index (κ1) is 15.4. The van der Waals surface area contributed by atoms with Crippen molar-refractivity contribution in [2.75, 3.05) is 13.2 Å². The van der Waals surface area contributed by atoms with Crippen LogP contribution in [-0.2, 0) is 6.42 Å². The average Bonchev–Trinajstić information content (AvgIpc) is 2.32. The Morgan fingerprint density at radius 1 is 1.28 bits per heavy atom. The molecular weight excluding hydrogens is 255 g/mol. The Morgan fingerprint density at radius 3 is 2.33 bits per heavy atom. The molecule has 0 aliphatic carbocycles. The van der Waals surface area contributed by atoms with Gasteiger partial charge in [0, 0.05) is 16.0 Å². The number of aliphatic hydroxyl groups is 2. The van der Waals surface area contributed by atoms with Crippen LogP contribution >= 0.6 is 11.6 Å². The van der Waals surface area contributed by atoms with E-state index in [9.17, 15) is 14.6 Å². The third-order valence-electron chi connectivity index (χ3n) is 3.13. The van der Waals surface area contributed by atoms with Crippen molar-refractivity contribution in [3.63, 3.8) is 0 Å². The summed E-state index contributed by atoms with van der Waals surface area (Å²) in [6, 6.07) is 4.51. The molecule has 0 spiro atoms. The van der Waals surface area contributed by atoms with Crippen LogP contribution in [0, 0.1) is 17.2 Å². The summed E-state index contributed by atoms with van der Waals surface area (Å²) >= 11 is 5.98. The van der Waals surface area contributed by atoms with Crippen molar-refractivity contribution in [3.8, 4) is 0 Å². The summed E-state index contributed by atoms with van der Waals surface area (Å²) in [4.78, 5) is 0. The zero-order chi connectivity index (χ0) is 13.8. The molecule has 18 heavy (non-hydrogen) atoms. The standard InChI is InChI=1S/C14H20ClFO2/c1-10(2)6-14(8-17,9-18)7-11-12(15)4-3-5-13(11)16/h3-5,10,17-18H,6-9H2,1-2H3. The highest BCUT2D eigenvalue weighted by atomic mass is 35.5. The van der Waals surface area contributed by atoms with Crippen molar-refractivity contribution in [2.24, 2.45) is 11.3 Å². The van der Waals surface area contributed by atoms with Crippen LogP contribution < -0.4 is 0 Å². The average molecular weight is 275 g/mol. The molecule has 0 aliphatic rings. The van der Waals surface area contributed by atoms with Crippen LogP contribution in [0.1, 0.15) is 25.8 Å². The minimum atomic E-state index is -0.722. The first-order valence-corrected chi connectivity index (χ1v) is 6.46. The summed E-state index contributed by atoms with van der Waals surface area (Å²) in [5.74, 6) is -0.0904. The van der Waals surface area contributed by atoms with E-state index in [0.717, 1.165) is 0 Å². The molecule has 102 valence electrons. The van der Waals surface area contributed by atoms with Gasteiger partial charge in [0.2, 0.25) is 0 Å². The van der Waals surface area contributed by atoms with Gasteiger partial charge in [-0.25, -0.2) is 4.39 Å². The van der Waals surface area contributed by atoms with Gasteiger partial charge in [-0.2, -0.15) is 0 Å². The summed E-state index contributed by atoms with van der Waals surface area (Å²) in [6.07, 6.45) is 0.856. The fraction of sp³-hybridized carbons (Fsp3) is 0.571. The van der Waals surface area contributed by atoms with Gasteiger partial charge < -0.3 is 10.2 Å². The maximum Gasteiger partial charge on any atom is 0.127 e. The van der Waals surface area contributed by atoms with Crippen LogP contribution in [0.2, 0.25) is 5.02 Å². The fourth-order valence-corrected chi connectivity index (χ4v) is 2.54. The quantitative estimate of drug-likeness (QED) is 0.837.